The maximum absolute atomic E-state index is 5.47. The number of hydrogen-bond donors (Lipinski definition) is 1. The Morgan fingerprint density at radius 1 is 1.40 bits per heavy atom. The van der Waals surface area contributed by atoms with Crippen LogP contribution in [0.25, 0.3) is 11.3 Å². The van der Waals surface area contributed by atoms with Crippen molar-refractivity contribution in [3.63, 3.8) is 0 Å². The zero-order valence-corrected chi connectivity index (χ0v) is 15.7. The van der Waals surface area contributed by atoms with Gasteiger partial charge in [-0.05, 0) is 49.3 Å². The van der Waals surface area contributed by atoms with Crippen LogP contribution in [0.2, 0.25) is 0 Å². The summed E-state index contributed by atoms with van der Waals surface area (Å²) >= 11 is 0. The second-order valence-electron chi connectivity index (χ2n) is 7.36. The summed E-state index contributed by atoms with van der Waals surface area (Å²) in [6, 6.07) is 8.81. The minimum Gasteiger partial charge on any atom is -0.382 e. The first kappa shape index (κ1) is 18.1. The molecule has 2 aromatic rings. The molecule has 1 N–H and O–H groups in total. The van der Waals surface area contributed by atoms with E-state index in [1.165, 1.54) is 12.0 Å². The fourth-order valence-electron chi connectivity index (χ4n) is 3.86. The Bertz CT molecular complexity index is 657. The third-order valence-electron chi connectivity index (χ3n) is 5.77. The maximum atomic E-state index is 5.47. The molecule has 1 fully saturated rings. The predicted octanol–water partition coefficient (Wildman–Crippen LogP) is 3.50. The lowest BCUT2D eigenvalue weighted by Gasteiger charge is -2.45. The van der Waals surface area contributed by atoms with Crippen molar-refractivity contribution >= 4 is 0 Å². The summed E-state index contributed by atoms with van der Waals surface area (Å²) in [6.07, 6.45) is 4.09. The summed E-state index contributed by atoms with van der Waals surface area (Å²) in [6.45, 7) is 12.0. The Morgan fingerprint density at radius 3 is 3.00 bits per heavy atom. The highest BCUT2D eigenvalue weighted by molar-refractivity contribution is 5.59. The SMILES string of the molecule is CCOCCCN1CCC(C)(c2cccc(-c3cn[nH]n3)c2)C(C)C1. The van der Waals surface area contributed by atoms with Gasteiger partial charge in [0.05, 0.1) is 6.20 Å². The van der Waals surface area contributed by atoms with Gasteiger partial charge in [0.1, 0.15) is 5.69 Å². The van der Waals surface area contributed by atoms with Gasteiger partial charge in [0.25, 0.3) is 0 Å². The number of benzene rings is 1. The van der Waals surface area contributed by atoms with E-state index in [-0.39, 0.29) is 5.41 Å². The van der Waals surface area contributed by atoms with E-state index in [1.54, 1.807) is 6.20 Å². The van der Waals surface area contributed by atoms with Gasteiger partial charge in [-0.2, -0.15) is 15.4 Å². The van der Waals surface area contributed by atoms with Gasteiger partial charge < -0.3 is 9.64 Å². The third kappa shape index (κ3) is 4.10. The van der Waals surface area contributed by atoms with Gasteiger partial charge in [-0.15, -0.1) is 0 Å². The predicted molar refractivity (Wildman–Crippen MR) is 101 cm³/mol. The van der Waals surface area contributed by atoms with Gasteiger partial charge in [0, 0.05) is 31.9 Å². The van der Waals surface area contributed by atoms with Crippen molar-refractivity contribution in [1.29, 1.82) is 0 Å². The van der Waals surface area contributed by atoms with Crippen LogP contribution < -0.4 is 0 Å². The summed E-state index contributed by atoms with van der Waals surface area (Å²) in [5.41, 5.74) is 3.66. The van der Waals surface area contributed by atoms with Crippen LogP contribution in [0.15, 0.2) is 30.5 Å². The van der Waals surface area contributed by atoms with Crippen molar-refractivity contribution in [2.24, 2.45) is 5.92 Å². The number of hydrogen-bond acceptors (Lipinski definition) is 4. The second kappa shape index (κ2) is 8.11. The molecule has 1 aliphatic heterocycles. The number of H-pyrrole nitrogens is 1. The standard InChI is InChI=1S/C20H30N4O/c1-4-25-12-6-10-24-11-9-20(3,16(2)15-24)18-8-5-7-17(13-18)19-14-21-23-22-19/h5,7-8,13-14,16H,4,6,9-12,15H2,1-3H3,(H,21,22,23). The Labute approximate surface area is 150 Å². The van der Waals surface area contributed by atoms with E-state index < -0.39 is 0 Å². The van der Waals surface area contributed by atoms with E-state index in [1.807, 2.05) is 0 Å². The molecule has 0 spiro atoms. The molecule has 5 heteroatoms. The lowest BCUT2D eigenvalue weighted by Crippen LogP contribution is -2.47. The van der Waals surface area contributed by atoms with E-state index in [0.29, 0.717) is 5.92 Å². The van der Waals surface area contributed by atoms with Crippen molar-refractivity contribution in [3.05, 3.63) is 36.0 Å². The largest absolute Gasteiger partial charge is 0.382 e. The molecule has 1 aromatic carbocycles. The fourth-order valence-corrected chi connectivity index (χ4v) is 3.86. The molecule has 3 rings (SSSR count). The molecule has 0 radical (unpaired) electrons. The Morgan fingerprint density at radius 2 is 2.28 bits per heavy atom. The van der Waals surface area contributed by atoms with Crippen LogP contribution in [-0.4, -0.2) is 53.2 Å². The summed E-state index contributed by atoms with van der Waals surface area (Å²) in [7, 11) is 0. The van der Waals surface area contributed by atoms with E-state index in [2.05, 4.69) is 65.3 Å². The van der Waals surface area contributed by atoms with Crippen LogP contribution in [0, 0.1) is 5.92 Å². The molecule has 0 saturated carbocycles. The Hall–Kier alpha value is -1.72. The number of aromatic amines is 1. The molecule has 25 heavy (non-hydrogen) atoms. The molecule has 1 aromatic heterocycles. The van der Waals surface area contributed by atoms with E-state index >= 15 is 0 Å². The van der Waals surface area contributed by atoms with Crippen molar-refractivity contribution < 1.29 is 4.74 Å². The number of nitrogens with zero attached hydrogens (tertiary/aromatic N) is 3. The Kier molecular flexibility index (Phi) is 5.86. The summed E-state index contributed by atoms with van der Waals surface area (Å²) < 4.78 is 5.47. The molecule has 2 unspecified atom stereocenters. The highest BCUT2D eigenvalue weighted by Gasteiger charge is 2.37. The molecule has 2 heterocycles. The summed E-state index contributed by atoms with van der Waals surface area (Å²) in [4.78, 5) is 2.59. The van der Waals surface area contributed by atoms with Gasteiger partial charge in [0.15, 0.2) is 0 Å². The van der Waals surface area contributed by atoms with Crippen LogP contribution in [0.1, 0.15) is 39.2 Å². The monoisotopic (exact) mass is 342 g/mol. The topological polar surface area (TPSA) is 54.0 Å². The molecule has 1 aliphatic rings. The van der Waals surface area contributed by atoms with Gasteiger partial charge in [-0.1, -0.05) is 32.0 Å². The number of aromatic nitrogens is 3. The molecule has 0 bridgehead atoms. The smallest absolute Gasteiger partial charge is 0.112 e. The number of nitrogens with one attached hydrogen (secondary N) is 1. The van der Waals surface area contributed by atoms with E-state index in [4.69, 9.17) is 4.74 Å². The third-order valence-corrected chi connectivity index (χ3v) is 5.77. The second-order valence-corrected chi connectivity index (χ2v) is 7.36. The molecule has 5 nitrogen and oxygen atoms in total. The molecule has 136 valence electrons. The first-order valence-electron chi connectivity index (χ1n) is 9.40. The minimum atomic E-state index is 0.205. The van der Waals surface area contributed by atoms with Crippen molar-refractivity contribution in [2.75, 3.05) is 32.8 Å². The molecule has 1 saturated heterocycles. The van der Waals surface area contributed by atoms with Gasteiger partial charge in [-0.25, -0.2) is 0 Å². The van der Waals surface area contributed by atoms with Gasteiger partial charge >= 0.3 is 0 Å². The summed E-state index contributed by atoms with van der Waals surface area (Å²) in [5, 5.41) is 10.9. The molecular formula is C20H30N4O. The Balaban J connectivity index is 1.67. The lowest BCUT2D eigenvalue weighted by molar-refractivity contribution is 0.0903. The van der Waals surface area contributed by atoms with E-state index in [9.17, 15) is 0 Å². The number of piperidine rings is 1. The normalized spacial score (nSPS) is 24.5. The lowest BCUT2D eigenvalue weighted by atomic mass is 9.67. The highest BCUT2D eigenvalue weighted by atomic mass is 16.5. The average molecular weight is 342 g/mol. The number of rotatable bonds is 7. The summed E-state index contributed by atoms with van der Waals surface area (Å²) in [5.74, 6) is 0.612. The van der Waals surface area contributed by atoms with Gasteiger partial charge in [0.2, 0.25) is 0 Å². The van der Waals surface area contributed by atoms with Crippen LogP contribution in [-0.2, 0) is 10.2 Å². The fraction of sp³-hybridized carbons (Fsp3) is 0.600. The zero-order chi connectivity index (χ0) is 17.7. The van der Waals surface area contributed by atoms with Crippen molar-refractivity contribution in [1.82, 2.24) is 20.3 Å². The minimum absolute atomic E-state index is 0.205. The van der Waals surface area contributed by atoms with Crippen LogP contribution in [0.3, 0.4) is 0 Å². The first-order valence-corrected chi connectivity index (χ1v) is 9.40. The van der Waals surface area contributed by atoms with Crippen LogP contribution in [0.4, 0.5) is 0 Å². The quantitative estimate of drug-likeness (QED) is 0.783. The number of ether oxygens (including phenoxy) is 1. The maximum Gasteiger partial charge on any atom is 0.112 e. The zero-order valence-electron chi connectivity index (χ0n) is 15.7. The molecule has 0 aliphatic carbocycles. The first-order chi connectivity index (χ1) is 12.1. The van der Waals surface area contributed by atoms with Crippen LogP contribution >= 0.6 is 0 Å². The average Bonchev–Trinajstić information content (AvgIpc) is 3.17. The number of likely N-dealkylation sites (tertiary alicyclic amines) is 1. The molecule has 2 atom stereocenters. The molecular weight excluding hydrogens is 312 g/mol. The highest BCUT2D eigenvalue weighted by Crippen LogP contribution is 2.40. The molecule has 0 amide bonds. The van der Waals surface area contributed by atoms with Crippen molar-refractivity contribution in [2.45, 2.75) is 39.0 Å². The van der Waals surface area contributed by atoms with E-state index in [0.717, 1.165) is 50.5 Å². The van der Waals surface area contributed by atoms with Crippen LogP contribution in [0.5, 0.6) is 0 Å². The van der Waals surface area contributed by atoms with Gasteiger partial charge in [-0.3, -0.25) is 0 Å². The van der Waals surface area contributed by atoms with Crippen molar-refractivity contribution in [3.8, 4) is 11.3 Å².